The Morgan fingerprint density at radius 3 is 2.21 bits per heavy atom. The van der Waals surface area contributed by atoms with E-state index in [1.165, 1.54) is 0 Å². The number of fused-ring (bicyclic) bond motifs is 1. The number of methoxy groups -OCH3 is 2. The summed E-state index contributed by atoms with van der Waals surface area (Å²) in [5.74, 6) is 3.68. The van der Waals surface area contributed by atoms with E-state index < -0.39 is 0 Å². The van der Waals surface area contributed by atoms with Crippen LogP contribution in [0.25, 0.3) is 22.8 Å². The fourth-order valence-electron chi connectivity index (χ4n) is 5.47. The number of amidine groups is 1. The number of hydrogen-bond donors (Lipinski definition) is 3. The summed E-state index contributed by atoms with van der Waals surface area (Å²) < 4.78 is 16.9. The van der Waals surface area contributed by atoms with Crippen molar-refractivity contribution >= 4 is 17.7 Å². The number of anilines is 1. The van der Waals surface area contributed by atoms with Crippen LogP contribution in [0.15, 0.2) is 66.4 Å². The second-order valence-electron chi connectivity index (χ2n) is 11.3. The van der Waals surface area contributed by atoms with E-state index in [1.807, 2.05) is 59.6 Å². The van der Waals surface area contributed by atoms with Crippen molar-refractivity contribution < 1.29 is 14.3 Å². The lowest BCUT2D eigenvalue weighted by molar-refractivity contribution is 0.0943. The number of ether oxygens (including phenoxy) is 2. The number of amides is 1. The topological polar surface area (TPSA) is 150 Å². The van der Waals surface area contributed by atoms with Crippen LogP contribution in [0.5, 0.6) is 11.5 Å². The van der Waals surface area contributed by atoms with E-state index in [9.17, 15) is 4.79 Å². The van der Waals surface area contributed by atoms with Gasteiger partial charge in [-0.05, 0) is 69.5 Å². The molecule has 0 spiro atoms. The van der Waals surface area contributed by atoms with E-state index in [2.05, 4.69) is 45.9 Å². The van der Waals surface area contributed by atoms with Crippen LogP contribution in [-0.4, -0.2) is 72.9 Å². The minimum atomic E-state index is -0.227. The molecule has 2 aliphatic rings. The molecule has 0 atom stereocenters. The van der Waals surface area contributed by atoms with Crippen LogP contribution < -0.4 is 25.6 Å². The van der Waals surface area contributed by atoms with Gasteiger partial charge in [-0.2, -0.15) is 0 Å². The van der Waals surface area contributed by atoms with Gasteiger partial charge in [0.15, 0.2) is 5.82 Å². The summed E-state index contributed by atoms with van der Waals surface area (Å²) in [4.78, 5) is 25.1. The van der Waals surface area contributed by atoms with Gasteiger partial charge in [-0.25, -0.2) is 9.97 Å². The molecule has 1 amide bonds. The zero-order valence-corrected chi connectivity index (χ0v) is 27.0. The molecule has 5 aromatic rings. The van der Waals surface area contributed by atoms with Crippen molar-refractivity contribution in [3.63, 3.8) is 0 Å². The first-order valence-corrected chi connectivity index (χ1v) is 15.6. The number of aliphatic imine (C=N–C) groups is 1. The molecule has 0 aliphatic carbocycles. The Labute approximate surface area is 272 Å². The molecule has 47 heavy (non-hydrogen) atoms. The van der Waals surface area contributed by atoms with Crippen molar-refractivity contribution in [3.05, 3.63) is 78.4 Å². The second kappa shape index (κ2) is 14.2. The maximum absolute atomic E-state index is 12.3. The molecule has 0 bridgehead atoms. The highest BCUT2D eigenvalue weighted by Gasteiger charge is 2.18. The lowest BCUT2D eigenvalue weighted by Crippen LogP contribution is -2.42. The molecule has 3 N–H and O–H groups in total. The highest BCUT2D eigenvalue weighted by Crippen LogP contribution is 2.31. The predicted molar refractivity (Wildman–Crippen MR) is 179 cm³/mol. The minimum absolute atomic E-state index is 0.227. The third kappa shape index (κ3) is 7.11. The van der Waals surface area contributed by atoms with Gasteiger partial charge in [0.05, 0.1) is 49.6 Å². The standard InChI is InChI=1S/C17H21N5O2.C16H18N6O/c1-12-10-22(11-19-12)14-7-6-13(9-15(14)24-2)17(23)21-20-16-5-3-4-8-18-16;1-11-9-21(10-18-11)13-5-4-12(8-14(13)23-2)15-19-20-16-17-6-3-7-22(15)16/h6-7,9-11H,3-5,8H2,1-2H3,(H,18,20)(H,21,23);4-5,8-10H,3,6-7H2,1-2H3,(H,17,20). The number of carbonyl (C=O) groups excluding carboxylic acids is 1. The summed E-state index contributed by atoms with van der Waals surface area (Å²) in [5, 5.41) is 11.8. The summed E-state index contributed by atoms with van der Waals surface area (Å²) in [6, 6.07) is 11.4. The van der Waals surface area contributed by atoms with Gasteiger partial charge >= 0.3 is 0 Å². The van der Waals surface area contributed by atoms with E-state index in [4.69, 9.17) is 9.47 Å². The van der Waals surface area contributed by atoms with Gasteiger partial charge in [0, 0.05) is 49.6 Å². The highest BCUT2D eigenvalue weighted by atomic mass is 16.5. The average molecular weight is 638 g/mol. The Morgan fingerprint density at radius 1 is 0.872 bits per heavy atom. The van der Waals surface area contributed by atoms with Crippen LogP contribution in [0.4, 0.5) is 5.95 Å². The largest absolute Gasteiger partial charge is 0.495 e. The number of carbonyl (C=O) groups is 1. The van der Waals surface area contributed by atoms with Crippen LogP contribution in [0.3, 0.4) is 0 Å². The van der Waals surface area contributed by atoms with E-state index in [0.717, 1.165) is 97.0 Å². The molecule has 2 aromatic carbocycles. The first-order chi connectivity index (χ1) is 22.9. The van der Waals surface area contributed by atoms with Crippen LogP contribution in [0, 0.1) is 13.8 Å². The highest BCUT2D eigenvalue weighted by molar-refractivity contribution is 5.96. The van der Waals surface area contributed by atoms with Crippen molar-refractivity contribution in [1.29, 1.82) is 0 Å². The van der Waals surface area contributed by atoms with Gasteiger partial charge in [-0.3, -0.25) is 25.2 Å². The summed E-state index contributed by atoms with van der Waals surface area (Å²) in [6.45, 7) is 6.57. The molecule has 0 fully saturated rings. The van der Waals surface area contributed by atoms with Gasteiger partial charge < -0.3 is 23.9 Å². The van der Waals surface area contributed by atoms with Crippen molar-refractivity contribution in [3.8, 4) is 34.3 Å². The summed E-state index contributed by atoms with van der Waals surface area (Å²) >= 11 is 0. The molecule has 244 valence electrons. The van der Waals surface area contributed by atoms with Crippen LogP contribution in [0.1, 0.15) is 47.4 Å². The number of hydrogen-bond acceptors (Lipinski definition) is 10. The Kier molecular flexibility index (Phi) is 9.46. The number of nitrogens with zero attached hydrogens (tertiary/aromatic N) is 8. The average Bonchev–Trinajstić information content (AvgIpc) is 3.87. The van der Waals surface area contributed by atoms with E-state index >= 15 is 0 Å². The molecule has 2 aliphatic heterocycles. The van der Waals surface area contributed by atoms with Crippen LogP contribution >= 0.6 is 0 Å². The van der Waals surface area contributed by atoms with Crippen molar-refractivity contribution in [1.82, 2.24) is 44.7 Å². The second-order valence-corrected chi connectivity index (χ2v) is 11.3. The van der Waals surface area contributed by atoms with E-state index in [-0.39, 0.29) is 5.91 Å². The van der Waals surface area contributed by atoms with Gasteiger partial charge in [0.2, 0.25) is 5.95 Å². The molecule has 14 heteroatoms. The maximum Gasteiger partial charge on any atom is 0.269 e. The zero-order chi connectivity index (χ0) is 32.8. The Balaban J connectivity index is 0.000000164. The molecule has 0 saturated heterocycles. The summed E-state index contributed by atoms with van der Waals surface area (Å²) in [6.07, 6.45) is 11.5. The molecule has 0 unspecified atom stereocenters. The third-order valence-electron chi connectivity index (χ3n) is 7.90. The molecule has 5 heterocycles. The van der Waals surface area contributed by atoms with E-state index in [0.29, 0.717) is 11.3 Å². The predicted octanol–water partition coefficient (Wildman–Crippen LogP) is 4.27. The number of benzene rings is 2. The minimum Gasteiger partial charge on any atom is -0.495 e. The molecular weight excluding hydrogens is 598 g/mol. The SMILES string of the molecule is COc1cc(-c2nnc3n2CCCN3)ccc1-n1cnc(C)c1.COc1cc(C(=O)NNC2=NCCCC2)ccc1-n1cnc(C)c1. The number of aromatic nitrogens is 7. The lowest BCUT2D eigenvalue weighted by atomic mass is 10.1. The fourth-order valence-corrected chi connectivity index (χ4v) is 5.47. The molecule has 3 aromatic heterocycles. The quantitative estimate of drug-likeness (QED) is 0.232. The van der Waals surface area contributed by atoms with Gasteiger partial charge in [0.1, 0.15) is 17.3 Å². The maximum atomic E-state index is 12.3. The van der Waals surface area contributed by atoms with Crippen LogP contribution in [0.2, 0.25) is 0 Å². The van der Waals surface area contributed by atoms with Gasteiger partial charge in [0.25, 0.3) is 5.91 Å². The molecule has 0 radical (unpaired) electrons. The number of rotatable bonds is 6. The molecule has 7 rings (SSSR count). The first kappa shape index (κ1) is 31.3. The molecule has 0 saturated carbocycles. The number of imidazole rings is 2. The van der Waals surface area contributed by atoms with Crippen molar-refractivity contribution in [2.75, 3.05) is 32.6 Å². The Hall–Kier alpha value is -5.66. The fraction of sp³-hybridized carbons (Fsp3) is 0.333. The Bertz CT molecular complexity index is 1890. The first-order valence-electron chi connectivity index (χ1n) is 15.6. The summed E-state index contributed by atoms with van der Waals surface area (Å²) in [7, 11) is 3.26. The normalized spacial score (nSPS) is 13.7. The van der Waals surface area contributed by atoms with Crippen LogP contribution in [-0.2, 0) is 6.54 Å². The summed E-state index contributed by atoms with van der Waals surface area (Å²) in [5.41, 5.74) is 10.8. The smallest absolute Gasteiger partial charge is 0.269 e. The Morgan fingerprint density at radius 2 is 1.57 bits per heavy atom. The number of nitrogens with one attached hydrogen (secondary N) is 3. The number of aryl methyl sites for hydroxylation is 2. The van der Waals surface area contributed by atoms with Crippen molar-refractivity contribution in [2.45, 2.75) is 46.1 Å². The van der Waals surface area contributed by atoms with Gasteiger partial charge in [-0.1, -0.05) is 0 Å². The monoisotopic (exact) mass is 637 g/mol. The lowest BCUT2D eigenvalue weighted by Gasteiger charge is -2.17. The zero-order valence-electron chi connectivity index (χ0n) is 27.0. The molecule has 14 nitrogen and oxygen atoms in total. The van der Waals surface area contributed by atoms with Gasteiger partial charge in [-0.15, -0.1) is 10.2 Å². The third-order valence-corrected chi connectivity index (χ3v) is 7.90. The molecular formula is C33H39N11O3. The van der Waals surface area contributed by atoms with Crippen molar-refractivity contribution in [2.24, 2.45) is 4.99 Å². The van der Waals surface area contributed by atoms with E-state index in [1.54, 1.807) is 39.0 Å². The number of hydrazine groups is 1.